The Morgan fingerprint density at radius 1 is 0.929 bits per heavy atom. The molecule has 0 aliphatic rings. The second-order valence-electron chi connectivity index (χ2n) is 6.08. The standard InChI is InChI=1S/C21H13F3N2O2/c22-16-9-13(10-17(23)19(16)24)28-11-12-5-1-2-6-14(12)20-25-18-8-4-3-7-15(18)21(27)26-20/h1-10H,11H2,(H,25,26,27). The maximum Gasteiger partial charge on any atom is 0.259 e. The van der Waals surface area contributed by atoms with Crippen LogP contribution in [0.1, 0.15) is 5.56 Å². The van der Waals surface area contributed by atoms with Crippen molar-refractivity contribution >= 4 is 10.9 Å². The molecule has 4 aromatic rings. The highest BCUT2D eigenvalue weighted by Crippen LogP contribution is 2.24. The molecule has 0 fully saturated rings. The van der Waals surface area contributed by atoms with Gasteiger partial charge in [0.05, 0.1) is 10.9 Å². The Bertz CT molecular complexity index is 1210. The molecule has 3 aromatic carbocycles. The van der Waals surface area contributed by atoms with Gasteiger partial charge in [-0.25, -0.2) is 18.2 Å². The largest absolute Gasteiger partial charge is 0.489 e. The normalized spacial score (nSPS) is 11.0. The average Bonchev–Trinajstić information content (AvgIpc) is 2.70. The van der Waals surface area contributed by atoms with Crippen LogP contribution in [-0.2, 0) is 6.61 Å². The molecule has 7 heteroatoms. The Morgan fingerprint density at radius 3 is 2.39 bits per heavy atom. The van der Waals surface area contributed by atoms with Crippen LogP contribution in [0, 0.1) is 17.5 Å². The quantitative estimate of drug-likeness (QED) is 0.526. The fourth-order valence-corrected chi connectivity index (χ4v) is 2.87. The molecule has 1 N–H and O–H groups in total. The lowest BCUT2D eigenvalue weighted by Crippen LogP contribution is -2.10. The molecule has 28 heavy (non-hydrogen) atoms. The summed E-state index contributed by atoms with van der Waals surface area (Å²) in [6.07, 6.45) is 0. The van der Waals surface area contributed by atoms with Gasteiger partial charge in [-0.3, -0.25) is 4.79 Å². The van der Waals surface area contributed by atoms with Gasteiger partial charge in [0, 0.05) is 23.3 Å². The Morgan fingerprint density at radius 2 is 1.61 bits per heavy atom. The molecular formula is C21H13F3N2O2. The van der Waals surface area contributed by atoms with Crippen LogP contribution in [0.4, 0.5) is 13.2 Å². The molecule has 1 aromatic heterocycles. The molecule has 0 bridgehead atoms. The summed E-state index contributed by atoms with van der Waals surface area (Å²) >= 11 is 0. The van der Waals surface area contributed by atoms with E-state index in [9.17, 15) is 18.0 Å². The summed E-state index contributed by atoms with van der Waals surface area (Å²) in [5, 5.41) is 0.470. The molecule has 0 saturated carbocycles. The zero-order valence-corrected chi connectivity index (χ0v) is 14.4. The summed E-state index contributed by atoms with van der Waals surface area (Å²) in [7, 11) is 0. The highest BCUT2D eigenvalue weighted by atomic mass is 19.2. The highest BCUT2D eigenvalue weighted by molar-refractivity contribution is 5.79. The van der Waals surface area contributed by atoms with E-state index in [4.69, 9.17) is 4.74 Å². The molecule has 4 rings (SSSR count). The maximum atomic E-state index is 13.4. The number of nitrogens with zero attached hydrogens (tertiary/aromatic N) is 1. The van der Waals surface area contributed by atoms with Crippen molar-refractivity contribution in [3.8, 4) is 17.1 Å². The van der Waals surface area contributed by atoms with E-state index in [0.29, 0.717) is 27.9 Å². The molecule has 4 nitrogen and oxygen atoms in total. The average molecular weight is 382 g/mol. The van der Waals surface area contributed by atoms with Crippen molar-refractivity contribution in [1.29, 1.82) is 0 Å². The zero-order valence-electron chi connectivity index (χ0n) is 14.4. The van der Waals surface area contributed by atoms with E-state index in [1.807, 2.05) is 0 Å². The minimum atomic E-state index is -1.55. The number of benzene rings is 3. The first-order valence-electron chi connectivity index (χ1n) is 8.37. The van der Waals surface area contributed by atoms with Crippen LogP contribution in [0.15, 0.2) is 65.5 Å². The molecule has 140 valence electrons. The van der Waals surface area contributed by atoms with Crippen molar-refractivity contribution in [1.82, 2.24) is 9.97 Å². The number of halogens is 3. The van der Waals surface area contributed by atoms with Gasteiger partial charge in [0.2, 0.25) is 0 Å². The van der Waals surface area contributed by atoms with E-state index < -0.39 is 17.5 Å². The van der Waals surface area contributed by atoms with Crippen molar-refractivity contribution in [3.05, 3.63) is 94.0 Å². The molecule has 0 aliphatic carbocycles. The number of H-pyrrole nitrogens is 1. The molecule has 1 heterocycles. The lowest BCUT2D eigenvalue weighted by molar-refractivity contribution is 0.300. The summed E-state index contributed by atoms with van der Waals surface area (Å²) < 4.78 is 45.2. The topological polar surface area (TPSA) is 55.0 Å². The van der Waals surface area contributed by atoms with Crippen LogP contribution in [0.25, 0.3) is 22.3 Å². The summed E-state index contributed by atoms with van der Waals surface area (Å²) in [5.74, 6) is -4.01. The van der Waals surface area contributed by atoms with Gasteiger partial charge in [0.15, 0.2) is 17.5 Å². The third-order valence-electron chi connectivity index (χ3n) is 4.24. The minimum absolute atomic E-state index is 0.0583. The smallest absolute Gasteiger partial charge is 0.259 e. The number of aromatic amines is 1. The van der Waals surface area contributed by atoms with Gasteiger partial charge in [0.1, 0.15) is 18.2 Å². The Hall–Kier alpha value is -3.61. The van der Waals surface area contributed by atoms with Crippen LogP contribution in [0.5, 0.6) is 5.75 Å². The molecule has 0 amide bonds. The Labute approximate surface area is 157 Å². The predicted octanol–water partition coefficient (Wildman–Crippen LogP) is 4.59. The summed E-state index contributed by atoms with van der Waals surface area (Å²) in [6, 6.07) is 15.5. The number of rotatable bonds is 4. The van der Waals surface area contributed by atoms with Gasteiger partial charge in [0.25, 0.3) is 5.56 Å². The van der Waals surface area contributed by atoms with E-state index in [-0.39, 0.29) is 17.9 Å². The molecule has 0 aliphatic heterocycles. The van der Waals surface area contributed by atoms with Gasteiger partial charge >= 0.3 is 0 Å². The summed E-state index contributed by atoms with van der Waals surface area (Å²) in [6.45, 7) is -0.0583. The number of nitrogens with one attached hydrogen (secondary N) is 1. The van der Waals surface area contributed by atoms with Crippen molar-refractivity contribution in [3.63, 3.8) is 0 Å². The first kappa shape index (κ1) is 17.8. The van der Waals surface area contributed by atoms with Gasteiger partial charge in [-0.1, -0.05) is 36.4 Å². The van der Waals surface area contributed by atoms with Crippen LogP contribution < -0.4 is 10.3 Å². The van der Waals surface area contributed by atoms with Gasteiger partial charge < -0.3 is 9.72 Å². The van der Waals surface area contributed by atoms with Crippen LogP contribution in [-0.4, -0.2) is 9.97 Å². The van der Waals surface area contributed by atoms with Crippen molar-refractivity contribution in [2.75, 3.05) is 0 Å². The molecule has 0 atom stereocenters. The van der Waals surface area contributed by atoms with Crippen molar-refractivity contribution < 1.29 is 17.9 Å². The fraction of sp³-hybridized carbons (Fsp3) is 0.0476. The van der Waals surface area contributed by atoms with Crippen LogP contribution in [0.3, 0.4) is 0 Å². The van der Waals surface area contributed by atoms with Gasteiger partial charge in [-0.2, -0.15) is 0 Å². The number of para-hydroxylation sites is 1. The lowest BCUT2D eigenvalue weighted by atomic mass is 10.1. The van der Waals surface area contributed by atoms with Crippen LogP contribution >= 0.6 is 0 Å². The Kier molecular flexibility index (Phi) is 4.57. The molecule has 0 unspecified atom stereocenters. The molecular weight excluding hydrogens is 369 g/mol. The number of ether oxygens (including phenoxy) is 1. The first-order valence-corrected chi connectivity index (χ1v) is 8.37. The molecule has 0 radical (unpaired) electrons. The zero-order chi connectivity index (χ0) is 19.7. The Balaban J connectivity index is 1.69. The summed E-state index contributed by atoms with van der Waals surface area (Å²) in [4.78, 5) is 19.5. The second-order valence-corrected chi connectivity index (χ2v) is 6.08. The maximum absolute atomic E-state index is 13.4. The number of fused-ring (bicyclic) bond motifs is 1. The number of hydrogen-bond donors (Lipinski definition) is 1. The number of hydrogen-bond acceptors (Lipinski definition) is 3. The third kappa shape index (κ3) is 3.34. The predicted molar refractivity (Wildman–Crippen MR) is 98.4 cm³/mol. The van der Waals surface area contributed by atoms with Crippen LogP contribution in [0.2, 0.25) is 0 Å². The monoisotopic (exact) mass is 382 g/mol. The van der Waals surface area contributed by atoms with Gasteiger partial charge in [-0.15, -0.1) is 0 Å². The number of aromatic nitrogens is 2. The molecule has 0 spiro atoms. The summed E-state index contributed by atoms with van der Waals surface area (Å²) in [5.41, 5.74) is 1.50. The van der Waals surface area contributed by atoms with E-state index in [1.54, 1.807) is 48.5 Å². The SMILES string of the molecule is O=c1[nH]c(-c2ccccc2COc2cc(F)c(F)c(F)c2)nc2ccccc12. The van der Waals surface area contributed by atoms with Crippen molar-refractivity contribution in [2.24, 2.45) is 0 Å². The van der Waals surface area contributed by atoms with E-state index in [0.717, 1.165) is 12.1 Å². The third-order valence-corrected chi connectivity index (χ3v) is 4.24. The highest BCUT2D eigenvalue weighted by Gasteiger charge is 2.13. The van der Waals surface area contributed by atoms with E-state index in [1.165, 1.54) is 0 Å². The van der Waals surface area contributed by atoms with E-state index in [2.05, 4.69) is 9.97 Å². The van der Waals surface area contributed by atoms with Gasteiger partial charge in [-0.05, 0) is 12.1 Å². The minimum Gasteiger partial charge on any atom is -0.489 e. The first-order chi connectivity index (χ1) is 13.5. The fourth-order valence-electron chi connectivity index (χ4n) is 2.87. The molecule has 0 saturated heterocycles. The van der Waals surface area contributed by atoms with Crippen molar-refractivity contribution in [2.45, 2.75) is 6.61 Å². The second kappa shape index (κ2) is 7.19. The lowest BCUT2D eigenvalue weighted by Gasteiger charge is -2.11. The van der Waals surface area contributed by atoms with E-state index >= 15 is 0 Å².